The molecule has 12 heavy (non-hydrogen) atoms. The average Bonchev–Trinajstić information content (AvgIpc) is 1.85. The lowest BCUT2D eigenvalue weighted by molar-refractivity contribution is 0.600. The van der Waals surface area contributed by atoms with Crippen molar-refractivity contribution in [1.82, 2.24) is 0 Å². The van der Waals surface area contributed by atoms with Gasteiger partial charge in [0.2, 0.25) is 10.0 Å². The Morgan fingerprint density at radius 2 is 1.83 bits per heavy atom. The van der Waals surface area contributed by atoms with Gasteiger partial charge < -0.3 is 0 Å². The van der Waals surface area contributed by atoms with Gasteiger partial charge in [0.05, 0.1) is 4.91 Å². The molecule has 0 aliphatic rings. The molecule has 0 heterocycles. The van der Waals surface area contributed by atoms with Gasteiger partial charge in [-0.25, -0.2) is 13.6 Å². The van der Waals surface area contributed by atoms with Crippen LogP contribution in [-0.2, 0) is 10.0 Å². The third kappa shape index (κ3) is 2.95. The maximum Gasteiger partial charge on any atom is 0.234 e. The number of rotatable bonds is 3. The maximum atomic E-state index is 11.0. The Balaban J connectivity index is 5.16. The highest BCUT2D eigenvalue weighted by molar-refractivity contribution is 7.93. The number of primary sulfonamides is 1. The molecule has 0 radical (unpaired) electrons. The van der Waals surface area contributed by atoms with Crippen molar-refractivity contribution in [3.05, 3.63) is 10.5 Å². The first-order chi connectivity index (χ1) is 5.30. The third-order valence-corrected chi connectivity index (χ3v) is 3.27. The van der Waals surface area contributed by atoms with E-state index in [2.05, 4.69) is 0 Å². The molecule has 0 unspecified atom stereocenters. The fraction of sp³-hybridized carbons (Fsp3) is 0.750. The van der Waals surface area contributed by atoms with Gasteiger partial charge in [0, 0.05) is 0 Å². The fourth-order valence-corrected chi connectivity index (χ4v) is 2.11. The molecule has 0 saturated carbocycles. The van der Waals surface area contributed by atoms with Crippen LogP contribution in [0.5, 0.6) is 0 Å². The van der Waals surface area contributed by atoms with E-state index in [4.69, 9.17) is 5.14 Å². The lowest BCUT2D eigenvalue weighted by Gasteiger charge is -2.10. The van der Waals surface area contributed by atoms with Gasteiger partial charge in [-0.2, -0.15) is 0 Å². The number of sulfonamides is 1. The molecule has 0 saturated heterocycles. The summed E-state index contributed by atoms with van der Waals surface area (Å²) < 4.78 is 22.1. The summed E-state index contributed by atoms with van der Waals surface area (Å²) in [5.41, 5.74) is 0.861. The fourth-order valence-electron chi connectivity index (χ4n) is 1.03. The van der Waals surface area contributed by atoms with E-state index in [0.29, 0.717) is 11.3 Å². The molecule has 3 nitrogen and oxygen atoms in total. The van der Waals surface area contributed by atoms with Crippen LogP contribution in [0.3, 0.4) is 0 Å². The van der Waals surface area contributed by atoms with Crippen molar-refractivity contribution in [2.24, 2.45) is 11.1 Å². The summed E-state index contributed by atoms with van der Waals surface area (Å²) >= 11 is 0. The monoisotopic (exact) mass is 191 g/mol. The normalized spacial score (nSPS) is 14.8. The third-order valence-electron chi connectivity index (χ3n) is 1.97. The summed E-state index contributed by atoms with van der Waals surface area (Å²) in [6.07, 6.45) is 0.475. The molecule has 0 rings (SSSR count). The van der Waals surface area contributed by atoms with Crippen LogP contribution in [-0.4, -0.2) is 8.42 Å². The second-order valence-electron chi connectivity index (χ2n) is 3.16. The van der Waals surface area contributed by atoms with Crippen LogP contribution in [0.2, 0.25) is 0 Å². The quantitative estimate of drug-likeness (QED) is 0.736. The van der Waals surface area contributed by atoms with Gasteiger partial charge in [0.25, 0.3) is 0 Å². The van der Waals surface area contributed by atoms with E-state index in [9.17, 15) is 8.42 Å². The maximum absolute atomic E-state index is 11.0. The summed E-state index contributed by atoms with van der Waals surface area (Å²) in [5, 5.41) is 5.04. The van der Waals surface area contributed by atoms with Crippen molar-refractivity contribution >= 4 is 10.0 Å². The molecule has 0 aliphatic carbocycles. The second-order valence-corrected chi connectivity index (χ2v) is 4.74. The molecule has 4 heteroatoms. The van der Waals surface area contributed by atoms with Crippen molar-refractivity contribution < 1.29 is 8.42 Å². The van der Waals surface area contributed by atoms with E-state index in [1.165, 1.54) is 0 Å². The molecule has 0 aromatic heterocycles. The van der Waals surface area contributed by atoms with E-state index in [1.807, 2.05) is 20.8 Å². The first-order valence-corrected chi connectivity index (χ1v) is 5.57. The van der Waals surface area contributed by atoms with E-state index >= 15 is 0 Å². The minimum Gasteiger partial charge on any atom is -0.225 e. The summed E-state index contributed by atoms with van der Waals surface area (Å²) in [6.45, 7) is 7.52. The highest BCUT2D eigenvalue weighted by Crippen LogP contribution is 2.19. The van der Waals surface area contributed by atoms with E-state index < -0.39 is 10.0 Å². The molecule has 0 fully saturated rings. The minimum absolute atomic E-state index is 0.235. The SMILES string of the molecule is CCC(=C(C)C(C)C)S(N)(=O)=O. The molecule has 0 aromatic carbocycles. The lowest BCUT2D eigenvalue weighted by atomic mass is 10.0. The van der Waals surface area contributed by atoms with Gasteiger partial charge in [0.15, 0.2) is 0 Å². The van der Waals surface area contributed by atoms with Crippen molar-refractivity contribution in [2.45, 2.75) is 34.1 Å². The van der Waals surface area contributed by atoms with Crippen molar-refractivity contribution in [3.8, 4) is 0 Å². The van der Waals surface area contributed by atoms with Gasteiger partial charge in [-0.1, -0.05) is 26.3 Å². The zero-order valence-electron chi connectivity index (χ0n) is 8.09. The van der Waals surface area contributed by atoms with Crippen LogP contribution < -0.4 is 5.14 Å². The number of hydrogen-bond donors (Lipinski definition) is 1. The molecule has 0 amide bonds. The summed E-state index contributed by atoms with van der Waals surface area (Å²) in [6, 6.07) is 0. The lowest BCUT2D eigenvalue weighted by Crippen LogP contribution is -2.16. The van der Waals surface area contributed by atoms with Gasteiger partial charge in [-0.3, -0.25) is 0 Å². The predicted molar refractivity (Wildman–Crippen MR) is 50.9 cm³/mol. The first-order valence-electron chi connectivity index (χ1n) is 4.03. The number of hydrogen-bond acceptors (Lipinski definition) is 2. The molecule has 0 spiro atoms. The van der Waals surface area contributed by atoms with Crippen LogP contribution in [0.15, 0.2) is 10.5 Å². The van der Waals surface area contributed by atoms with Crippen LogP contribution in [0.4, 0.5) is 0 Å². The molecule has 0 aromatic rings. The van der Waals surface area contributed by atoms with Gasteiger partial charge >= 0.3 is 0 Å². The van der Waals surface area contributed by atoms with Gasteiger partial charge in [-0.15, -0.1) is 0 Å². The smallest absolute Gasteiger partial charge is 0.225 e. The topological polar surface area (TPSA) is 60.2 Å². The number of allylic oxidation sites excluding steroid dienone is 2. The first kappa shape index (κ1) is 11.6. The number of nitrogens with two attached hydrogens (primary N) is 1. The minimum atomic E-state index is -3.48. The van der Waals surface area contributed by atoms with Crippen LogP contribution in [0, 0.1) is 5.92 Å². The van der Waals surface area contributed by atoms with Gasteiger partial charge in [-0.05, 0) is 19.3 Å². The molecule has 0 aliphatic heterocycles. The zero-order chi connectivity index (χ0) is 9.94. The highest BCUT2D eigenvalue weighted by Gasteiger charge is 2.14. The summed E-state index contributed by atoms with van der Waals surface area (Å²) in [7, 11) is -3.48. The van der Waals surface area contributed by atoms with Crippen molar-refractivity contribution in [3.63, 3.8) is 0 Å². The molecule has 0 atom stereocenters. The van der Waals surface area contributed by atoms with E-state index in [1.54, 1.807) is 6.92 Å². The van der Waals surface area contributed by atoms with Crippen molar-refractivity contribution in [2.75, 3.05) is 0 Å². The Hall–Kier alpha value is -0.350. The molecular weight excluding hydrogens is 174 g/mol. The van der Waals surface area contributed by atoms with Crippen LogP contribution >= 0.6 is 0 Å². The Morgan fingerprint density at radius 1 is 1.42 bits per heavy atom. The molecular formula is C8H17NO2S. The van der Waals surface area contributed by atoms with Gasteiger partial charge in [0.1, 0.15) is 0 Å². The Bertz CT molecular complexity index is 275. The highest BCUT2D eigenvalue weighted by atomic mass is 32.2. The largest absolute Gasteiger partial charge is 0.234 e. The average molecular weight is 191 g/mol. The Morgan fingerprint density at radius 3 is 1.92 bits per heavy atom. The molecule has 0 bridgehead atoms. The second kappa shape index (κ2) is 4.05. The van der Waals surface area contributed by atoms with E-state index in [-0.39, 0.29) is 5.92 Å². The predicted octanol–water partition coefficient (Wildman–Crippen LogP) is 1.61. The Kier molecular flexibility index (Phi) is 3.93. The van der Waals surface area contributed by atoms with E-state index in [0.717, 1.165) is 5.57 Å². The zero-order valence-corrected chi connectivity index (χ0v) is 8.90. The Labute approximate surface area is 74.7 Å². The summed E-state index contributed by atoms with van der Waals surface area (Å²) in [5.74, 6) is 0.235. The molecule has 72 valence electrons. The molecule has 2 N–H and O–H groups in total. The standard InChI is InChI=1S/C8H17NO2S/c1-5-8(12(9,10)11)7(4)6(2)3/h6H,5H2,1-4H3,(H2,9,10,11). The van der Waals surface area contributed by atoms with Crippen LogP contribution in [0.25, 0.3) is 0 Å². The van der Waals surface area contributed by atoms with Crippen LogP contribution in [0.1, 0.15) is 34.1 Å². The summed E-state index contributed by atoms with van der Waals surface area (Å²) in [4.78, 5) is 0.373. The van der Waals surface area contributed by atoms with Crippen molar-refractivity contribution in [1.29, 1.82) is 0 Å².